The van der Waals surface area contributed by atoms with Gasteiger partial charge >= 0.3 is 5.97 Å². The standard InChI is InChI=1S/C13H12O3S/c1-16-12-3-2-9(7-13(14)15)6-11(12)10-4-5-17-8-10/h2-6,8H,7H2,1H3,(H,14,15). The second kappa shape index (κ2) is 5.01. The maximum absolute atomic E-state index is 10.7. The molecule has 3 nitrogen and oxygen atoms in total. The van der Waals surface area contributed by atoms with Gasteiger partial charge in [0.25, 0.3) is 0 Å². The SMILES string of the molecule is COc1ccc(CC(=O)O)cc1-c1ccsc1. The Morgan fingerprint density at radius 2 is 2.24 bits per heavy atom. The van der Waals surface area contributed by atoms with Crippen LogP contribution in [0.25, 0.3) is 11.1 Å². The van der Waals surface area contributed by atoms with Crippen molar-refractivity contribution < 1.29 is 14.6 Å². The van der Waals surface area contributed by atoms with Crippen LogP contribution in [0.3, 0.4) is 0 Å². The monoisotopic (exact) mass is 248 g/mol. The molecule has 0 spiro atoms. The molecule has 1 aromatic carbocycles. The molecule has 1 heterocycles. The summed E-state index contributed by atoms with van der Waals surface area (Å²) in [7, 11) is 1.61. The number of thiophene rings is 1. The molecule has 0 aliphatic heterocycles. The average Bonchev–Trinajstić information content (AvgIpc) is 2.81. The molecular weight excluding hydrogens is 236 g/mol. The Morgan fingerprint density at radius 3 is 2.82 bits per heavy atom. The minimum atomic E-state index is -0.827. The average molecular weight is 248 g/mol. The van der Waals surface area contributed by atoms with Crippen molar-refractivity contribution in [1.82, 2.24) is 0 Å². The number of aliphatic carboxylic acids is 1. The molecule has 0 atom stereocenters. The zero-order valence-electron chi connectivity index (χ0n) is 9.34. The van der Waals surface area contributed by atoms with Crippen LogP contribution in [0, 0.1) is 0 Å². The molecule has 0 amide bonds. The fourth-order valence-corrected chi connectivity index (χ4v) is 2.34. The maximum atomic E-state index is 10.7. The van der Waals surface area contributed by atoms with Crippen molar-refractivity contribution >= 4 is 17.3 Å². The van der Waals surface area contributed by atoms with Crippen LogP contribution in [-0.2, 0) is 11.2 Å². The van der Waals surface area contributed by atoms with Gasteiger partial charge in [-0.2, -0.15) is 11.3 Å². The number of hydrogen-bond donors (Lipinski definition) is 1. The van der Waals surface area contributed by atoms with Gasteiger partial charge in [-0.15, -0.1) is 0 Å². The van der Waals surface area contributed by atoms with E-state index < -0.39 is 5.97 Å². The molecule has 2 aromatic rings. The van der Waals surface area contributed by atoms with E-state index in [2.05, 4.69) is 0 Å². The Hall–Kier alpha value is -1.81. The van der Waals surface area contributed by atoms with E-state index in [1.807, 2.05) is 29.0 Å². The highest BCUT2D eigenvalue weighted by Crippen LogP contribution is 2.32. The van der Waals surface area contributed by atoms with Gasteiger partial charge in [0.2, 0.25) is 0 Å². The third-order valence-electron chi connectivity index (χ3n) is 2.45. The molecule has 0 unspecified atom stereocenters. The van der Waals surface area contributed by atoms with Gasteiger partial charge in [-0.05, 0) is 40.1 Å². The van der Waals surface area contributed by atoms with Crippen LogP contribution >= 0.6 is 11.3 Å². The molecule has 88 valence electrons. The summed E-state index contributed by atoms with van der Waals surface area (Å²) in [5, 5.41) is 12.8. The fraction of sp³-hybridized carbons (Fsp3) is 0.154. The van der Waals surface area contributed by atoms with Gasteiger partial charge < -0.3 is 9.84 Å². The van der Waals surface area contributed by atoms with Gasteiger partial charge in [-0.1, -0.05) is 6.07 Å². The number of carboxylic acids is 1. The lowest BCUT2D eigenvalue weighted by Gasteiger charge is -2.08. The molecule has 0 aliphatic rings. The van der Waals surface area contributed by atoms with Crippen molar-refractivity contribution in [3.05, 3.63) is 40.6 Å². The number of ether oxygens (including phenoxy) is 1. The molecule has 0 saturated heterocycles. The highest BCUT2D eigenvalue weighted by molar-refractivity contribution is 7.08. The third kappa shape index (κ3) is 2.65. The quantitative estimate of drug-likeness (QED) is 0.904. The van der Waals surface area contributed by atoms with E-state index in [9.17, 15) is 4.79 Å². The third-order valence-corrected chi connectivity index (χ3v) is 3.13. The predicted octanol–water partition coefficient (Wildman–Crippen LogP) is 3.05. The van der Waals surface area contributed by atoms with E-state index in [4.69, 9.17) is 9.84 Å². The lowest BCUT2D eigenvalue weighted by Crippen LogP contribution is -2.00. The van der Waals surface area contributed by atoms with E-state index in [1.165, 1.54) is 0 Å². The molecule has 1 aromatic heterocycles. The van der Waals surface area contributed by atoms with Crippen LogP contribution in [0.2, 0.25) is 0 Å². The summed E-state index contributed by atoms with van der Waals surface area (Å²) >= 11 is 1.60. The van der Waals surface area contributed by atoms with Gasteiger partial charge in [-0.25, -0.2) is 0 Å². The second-order valence-corrected chi connectivity index (χ2v) is 4.40. The first kappa shape index (κ1) is 11.7. The van der Waals surface area contributed by atoms with Crippen LogP contribution in [0.4, 0.5) is 0 Å². The zero-order chi connectivity index (χ0) is 12.3. The van der Waals surface area contributed by atoms with Gasteiger partial charge in [0.1, 0.15) is 5.75 Å². The van der Waals surface area contributed by atoms with Crippen molar-refractivity contribution in [1.29, 1.82) is 0 Å². The summed E-state index contributed by atoms with van der Waals surface area (Å²) in [5.41, 5.74) is 2.77. The van der Waals surface area contributed by atoms with Gasteiger partial charge in [0, 0.05) is 5.56 Å². The van der Waals surface area contributed by atoms with E-state index >= 15 is 0 Å². The molecule has 17 heavy (non-hydrogen) atoms. The largest absolute Gasteiger partial charge is 0.496 e. The Bertz CT molecular complexity index is 517. The van der Waals surface area contributed by atoms with Crippen molar-refractivity contribution in [3.63, 3.8) is 0 Å². The summed E-state index contributed by atoms with van der Waals surface area (Å²) in [5.74, 6) is -0.0658. The minimum absolute atomic E-state index is 0.0289. The van der Waals surface area contributed by atoms with Crippen LogP contribution in [-0.4, -0.2) is 18.2 Å². The zero-order valence-corrected chi connectivity index (χ0v) is 10.2. The first-order chi connectivity index (χ1) is 8.20. The Kier molecular flexibility index (Phi) is 3.44. The molecule has 0 bridgehead atoms. The fourth-order valence-electron chi connectivity index (χ4n) is 1.68. The van der Waals surface area contributed by atoms with Crippen LogP contribution in [0.1, 0.15) is 5.56 Å². The summed E-state index contributed by atoms with van der Waals surface area (Å²) in [6, 6.07) is 7.45. The molecule has 0 radical (unpaired) electrons. The summed E-state index contributed by atoms with van der Waals surface area (Å²) < 4.78 is 5.29. The lowest BCUT2D eigenvalue weighted by molar-refractivity contribution is -0.136. The van der Waals surface area contributed by atoms with Crippen LogP contribution in [0.5, 0.6) is 5.75 Å². The first-order valence-electron chi connectivity index (χ1n) is 5.12. The molecule has 0 fully saturated rings. The Balaban J connectivity index is 2.43. The number of carbonyl (C=O) groups is 1. The van der Waals surface area contributed by atoms with Crippen molar-refractivity contribution in [2.24, 2.45) is 0 Å². The van der Waals surface area contributed by atoms with E-state index in [-0.39, 0.29) is 6.42 Å². The van der Waals surface area contributed by atoms with E-state index in [1.54, 1.807) is 24.5 Å². The number of benzene rings is 1. The summed E-state index contributed by atoms with van der Waals surface area (Å²) in [6.45, 7) is 0. The molecule has 1 N–H and O–H groups in total. The maximum Gasteiger partial charge on any atom is 0.307 e. The first-order valence-corrected chi connectivity index (χ1v) is 6.06. The molecule has 0 saturated carbocycles. The van der Waals surface area contributed by atoms with E-state index in [0.717, 1.165) is 22.4 Å². The van der Waals surface area contributed by atoms with E-state index in [0.29, 0.717) is 0 Å². The Labute approximate surface area is 103 Å². The topological polar surface area (TPSA) is 46.5 Å². The number of carboxylic acid groups (broad SMARTS) is 1. The van der Waals surface area contributed by atoms with Crippen LogP contribution in [0.15, 0.2) is 35.0 Å². The van der Waals surface area contributed by atoms with Crippen LogP contribution < -0.4 is 4.74 Å². The van der Waals surface area contributed by atoms with Crippen molar-refractivity contribution in [3.8, 4) is 16.9 Å². The second-order valence-electron chi connectivity index (χ2n) is 3.62. The van der Waals surface area contributed by atoms with Crippen molar-refractivity contribution in [2.75, 3.05) is 7.11 Å². The molecule has 0 aliphatic carbocycles. The molecule has 2 rings (SSSR count). The molecular formula is C13H12O3S. The van der Waals surface area contributed by atoms with Gasteiger partial charge in [-0.3, -0.25) is 4.79 Å². The smallest absolute Gasteiger partial charge is 0.307 e. The number of hydrogen-bond acceptors (Lipinski definition) is 3. The van der Waals surface area contributed by atoms with Gasteiger partial charge in [0.15, 0.2) is 0 Å². The number of methoxy groups -OCH3 is 1. The minimum Gasteiger partial charge on any atom is -0.496 e. The highest BCUT2D eigenvalue weighted by Gasteiger charge is 2.09. The highest BCUT2D eigenvalue weighted by atomic mass is 32.1. The normalized spacial score (nSPS) is 10.2. The molecule has 4 heteroatoms. The predicted molar refractivity (Wildman–Crippen MR) is 67.6 cm³/mol. The van der Waals surface area contributed by atoms with Gasteiger partial charge in [0.05, 0.1) is 13.5 Å². The summed E-state index contributed by atoms with van der Waals surface area (Å²) in [6.07, 6.45) is 0.0289. The Morgan fingerprint density at radius 1 is 1.41 bits per heavy atom. The number of rotatable bonds is 4. The van der Waals surface area contributed by atoms with Crippen molar-refractivity contribution in [2.45, 2.75) is 6.42 Å². The summed E-state index contributed by atoms with van der Waals surface area (Å²) in [4.78, 5) is 10.7. The lowest BCUT2D eigenvalue weighted by atomic mass is 10.0.